The first kappa shape index (κ1) is 19.1. The molecule has 0 fully saturated rings. The molecule has 0 aliphatic carbocycles. The molecule has 1 atom stereocenters. The zero-order valence-electron chi connectivity index (χ0n) is 15.1. The van der Waals surface area contributed by atoms with Crippen LogP contribution in [0.1, 0.15) is 11.6 Å². The van der Waals surface area contributed by atoms with Gasteiger partial charge >= 0.3 is 6.03 Å². The minimum Gasteiger partial charge on any atom is -0.497 e. The molecule has 2 amide bonds. The third kappa shape index (κ3) is 5.69. The molecular weight excluding hydrogens is 334 g/mol. The maximum Gasteiger partial charge on any atom is 0.319 e. The number of hydrogen-bond donors (Lipinski definition) is 2. The number of nitrogens with zero attached hydrogens (tertiary/aromatic N) is 1. The Bertz CT molecular complexity index is 689. The molecule has 5 nitrogen and oxygen atoms in total. The minimum atomic E-state index is -0.216. The third-order valence-electron chi connectivity index (χ3n) is 3.91. The summed E-state index contributed by atoms with van der Waals surface area (Å²) in [6, 6.07) is 15.5. The van der Waals surface area contributed by atoms with E-state index >= 15 is 0 Å². The number of nitrogens with one attached hydrogen (secondary N) is 2. The molecule has 25 heavy (non-hydrogen) atoms. The van der Waals surface area contributed by atoms with Gasteiger partial charge < -0.3 is 20.3 Å². The van der Waals surface area contributed by atoms with Gasteiger partial charge in [-0.05, 0) is 62.3 Å². The summed E-state index contributed by atoms with van der Waals surface area (Å²) in [5, 5.41) is 5.80. The van der Waals surface area contributed by atoms with Gasteiger partial charge in [0.2, 0.25) is 0 Å². The van der Waals surface area contributed by atoms with Crippen LogP contribution in [0.15, 0.2) is 53.4 Å². The standard InChI is InChI=1S/C19H25N3O2S/c1-22(2)18(14-6-5-7-16(12-14)24-3)13-20-19(23)21-15-8-10-17(25-4)11-9-15/h5-12,18H,13H2,1-4H3,(H2,20,21,23). The summed E-state index contributed by atoms with van der Waals surface area (Å²) in [5.74, 6) is 0.808. The van der Waals surface area contributed by atoms with Gasteiger partial charge in [0.1, 0.15) is 5.75 Å². The number of benzene rings is 2. The van der Waals surface area contributed by atoms with Crippen molar-refractivity contribution in [1.29, 1.82) is 0 Å². The van der Waals surface area contributed by atoms with E-state index in [4.69, 9.17) is 4.74 Å². The summed E-state index contributed by atoms with van der Waals surface area (Å²) in [6.07, 6.45) is 2.02. The van der Waals surface area contributed by atoms with Gasteiger partial charge in [-0.25, -0.2) is 4.79 Å². The van der Waals surface area contributed by atoms with Crippen LogP contribution >= 0.6 is 11.8 Å². The van der Waals surface area contributed by atoms with Crippen molar-refractivity contribution >= 4 is 23.5 Å². The number of carbonyl (C=O) groups excluding carboxylic acids is 1. The predicted molar refractivity (Wildman–Crippen MR) is 105 cm³/mol. The Hall–Kier alpha value is -2.18. The van der Waals surface area contributed by atoms with Crippen LogP contribution in [0.2, 0.25) is 0 Å². The monoisotopic (exact) mass is 359 g/mol. The topological polar surface area (TPSA) is 53.6 Å². The zero-order valence-corrected chi connectivity index (χ0v) is 15.9. The Morgan fingerprint density at radius 2 is 1.92 bits per heavy atom. The van der Waals surface area contributed by atoms with E-state index in [2.05, 4.69) is 15.5 Å². The van der Waals surface area contributed by atoms with Crippen LogP contribution < -0.4 is 15.4 Å². The average Bonchev–Trinajstić information content (AvgIpc) is 2.62. The predicted octanol–water partition coefficient (Wildman–Crippen LogP) is 3.84. The van der Waals surface area contributed by atoms with Gasteiger partial charge in [-0.1, -0.05) is 12.1 Å². The lowest BCUT2D eigenvalue weighted by atomic mass is 10.1. The van der Waals surface area contributed by atoms with E-state index in [0.29, 0.717) is 6.54 Å². The molecule has 2 rings (SSSR count). The van der Waals surface area contributed by atoms with E-state index in [-0.39, 0.29) is 12.1 Å². The molecule has 0 saturated heterocycles. The van der Waals surface area contributed by atoms with Crippen molar-refractivity contribution < 1.29 is 9.53 Å². The normalized spacial score (nSPS) is 11.9. The second kappa shape index (κ2) is 9.34. The molecular formula is C19H25N3O2S. The summed E-state index contributed by atoms with van der Waals surface area (Å²) in [5.41, 5.74) is 1.87. The van der Waals surface area contributed by atoms with E-state index in [1.165, 1.54) is 0 Å². The largest absolute Gasteiger partial charge is 0.497 e. The maximum atomic E-state index is 12.2. The van der Waals surface area contributed by atoms with Gasteiger partial charge in [0.25, 0.3) is 0 Å². The number of thioether (sulfide) groups is 1. The van der Waals surface area contributed by atoms with Crippen molar-refractivity contribution in [3.8, 4) is 5.75 Å². The van der Waals surface area contributed by atoms with E-state index in [0.717, 1.165) is 21.9 Å². The Morgan fingerprint density at radius 3 is 2.52 bits per heavy atom. The molecule has 134 valence electrons. The number of rotatable bonds is 7. The van der Waals surface area contributed by atoms with E-state index < -0.39 is 0 Å². The minimum absolute atomic E-state index is 0.0553. The number of hydrogen-bond acceptors (Lipinski definition) is 4. The molecule has 2 aromatic carbocycles. The number of likely N-dealkylation sites (N-methyl/N-ethyl adjacent to an activating group) is 1. The molecule has 0 aliphatic rings. The van der Waals surface area contributed by atoms with Crippen molar-refractivity contribution in [2.45, 2.75) is 10.9 Å². The fourth-order valence-electron chi connectivity index (χ4n) is 2.49. The van der Waals surface area contributed by atoms with Crippen molar-refractivity contribution in [3.05, 3.63) is 54.1 Å². The van der Waals surface area contributed by atoms with Crippen molar-refractivity contribution in [3.63, 3.8) is 0 Å². The molecule has 6 heteroatoms. The molecule has 0 radical (unpaired) electrons. The lowest BCUT2D eigenvalue weighted by Gasteiger charge is -2.25. The van der Waals surface area contributed by atoms with Crippen LogP contribution in [-0.4, -0.2) is 44.9 Å². The lowest BCUT2D eigenvalue weighted by Crippen LogP contribution is -2.36. The van der Waals surface area contributed by atoms with Crippen LogP contribution in [-0.2, 0) is 0 Å². The fraction of sp³-hybridized carbons (Fsp3) is 0.316. The quantitative estimate of drug-likeness (QED) is 0.738. The molecule has 1 unspecified atom stereocenters. The van der Waals surface area contributed by atoms with Crippen molar-refractivity contribution in [1.82, 2.24) is 10.2 Å². The van der Waals surface area contributed by atoms with Crippen molar-refractivity contribution in [2.24, 2.45) is 0 Å². The highest BCUT2D eigenvalue weighted by atomic mass is 32.2. The fourth-order valence-corrected chi connectivity index (χ4v) is 2.89. The number of ether oxygens (including phenoxy) is 1. The number of amides is 2. The average molecular weight is 359 g/mol. The summed E-state index contributed by atoms with van der Waals surface area (Å²) >= 11 is 1.67. The highest BCUT2D eigenvalue weighted by molar-refractivity contribution is 7.98. The first-order valence-electron chi connectivity index (χ1n) is 8.02. The first-order valence-corrected chi connectivity index (χ1v) is 9.25. The van der Waals surface area contributed by atoms with Crippen LogP contribution in [0, 0.1) is 0 Å². The highest BCUT2D eigenvalue weighted by Gasteiger charge is 2.16. The smallest absolute Gasteiger partial charge is 0.319 e. The second-order valence-corrected chi connectivity index (χ2v) is 6.70. The van der Waals surface area contributed by atoms with E-state index in [1.807, 2.05) is 68.9 Å². The SMILES string of the molecule is COc1cccc(C(CNC(=O)Nc2ccc(SC)cc2)N(C)C)c1. The van der Waals surface area contributed by atoms with E-state index in [9.17, 15) is 4.79 Å². The van der Waals surface area contributed by atoms with Gasteiger partial charge in [-0.15, -0.1) is 11.8 Å². The van der Waals surface area contributed by atoms with Crippen LogP contribution in [0.5, 0.6) is 5.75 Å². The lowest BCUT2D eigenvalue weighted by molar-refractivity contribution is 0.243. The molecule has 2 N–H and O–H groups in total. The van der Waals surface area contributed by atoms with Gasteiger partial charge in [-0.2, -0.15) is 0 Å². The summed E-state index contributed by atoms with van der Waals surface area (Å²) in [6.45, 7) is 0.495. The molecule has 0 aliphatic heterocycles. The number of urea groups is 1. The van der Waals surface area contributed by atoms with Gasteiger partial charge in [-0.3, -0.25) is 0 Å². The van der Waals surface area contributed by atoms with Crippen LogP contribution in [0.25, 0.3) is 0 Å². The van der Waals surface area contributed by atoms with Crippen LogP contribution in [0.3, 0.4) is 0 Å². The molecule has 0 spiro atoms. The number of anilines is 1. The molecule has 0 bridgehead atoms. The molecule has 0 aromatic heterocycles. The number of methoxy groups -OCH3 is 1. The van der Waals surface area contributed by atoms with Crippen LogP contribution in [0.4, 0.5) is 10.5 Å². The second-order valence-electron chi connectivity index (χ2n) is 5.82. The zero-order chi connectivity index (χ0) is 18.2. The summed E-state index contributed by atoms with van der Waals surface area (Å²) < 4.78 is 5.29. The summed E-state index contributed by atoms with van der Waals surface area (Å²) in [4.78, 5) is 15.4. The summed E-state index contributed by atoms with van der Waals surface area (Å²) in [7, 11) is 5.63. The third-order valence-corrected chi connectivity index (χ3v) is 4.65. The Kier molecular flexibility index (Phi) is 7.16. The Labute approximate surface area is 153 Å². The van der Waals surface area contributed by atoms with E-state index in [1.54, 1.807) is 18.9 Å². The van der Waals surface area contributed by atoms with Gasteiger partial charge in [0.05, 0.1) is 13.2 Å². The Morgan fingerprint density at radius 1 is 1.20 bits per heavy atom. The number of carbonyl (C=O) groups is 1. The van der Waals surface area contributed by atoms with Gasteiger partial charge in [0.15, 0.2) is 0 Å². The Balaban J connectivity index is 1.96. The molecule has 0 saturated carbocycles. The van der Waals surface area contributed by atoms with Crippen molar-refractivity contribution in [2.75, 3.05) is 39.3 Å². The maximum absolute atomic E-state index is 12.2. The molecule has 2 aromatic rings. The van der Waals surface area contributed by atoms with Gasteiger partial charge in [0, 0.05) is 17.1 Å². The molecule has 0 heterocycles. The highest BCUT2D eigenvalue weighted by Crippen LogP contribution is 2.22. The first-order chi connectivity index (χ1) is 12.0.